The van der Waals surface area contributed by atoms with Crippen molar-refractivity contribution < 1.29 is 27.8 Å². The van der Waals surface area contributed by atoms with Crippen molar-refractivity contribution in [3.05, 3.63) is 175 Å². The molecule has 0 radical (unpaired) electrons. The number of hydrogen-bond acceptors (Lipinski definition) is 10. The van der Waals surface area contributed by atoms with Crippen LogP contribution in [0.15, 0.2) is 102 Å². The number of nitrogens with zero attached hydrogens (tertiary/aromatic N) is 8. The largest absolute Gasteiger partial charge is 0.493 e. The lowest BCUT2D eigenvalue weighted by Gasteiger charge is -2.12. The quantitative estimate of drug-likeness (QED) is 0.106. The molecule has 6 heterocycles. The minimum atomic E-state index is -0.298. The van der Waals surface area contributed by atoms with E-state index in [1.54, 1.807) is 64.8 Å². The van der Waals surface area contributed by atoms with Gasteiger partial charge in [-0.3, -0.25) is 18.4 Å². The number of ether oxygens (including phenoxy) is 2. The minimum Gasteiger partial charge on any atom is -0.493 e. The molecular weight excluding hydrogens is 911 g/mol. The molecule has 330 valence electrons. The number of aryl methyl sites for hydroxylation is 1. The second-order valence-corrected chi connectivity index (χ2v) is 16.1. The van der Waals surface area contributed by atoms with Crippen LogP contribution in [-0.2, 0) is 25.9 Å². The smallest absolute Gasteiger partial charge is 0.288 e. The van der Waals surface area contributed by atoms with Gasteiger partial charge in [0.2, 0.25) is 23.2 Å². The summed E-state index contributed by atoms with van der Waals surface area (Å²) < 4.78 is 43.8. The molecule has 0 bridgehead atoms. The normalized spacial score (nSPS) is 12.0. The van der Waals surface area contributed by atoms with Gasteiger partial charge in [-0.1, -0.05) is 77.2 Å². The highest BCUT2D eigenvalue weighted by atomic mass is 79.9. The summed E-state index contributed by atoms with van der Waals surface area (Å²) in [5.41, 5.74) is 8.14. The van der Waals surface area contributed by atoms with Gasteiger partial charge < -0.3 is 29.8 Å². The molecule has 0 atom stereocenters. The van der Waals surface area contributed by atoms with Gasteiger partial charge in [-0.25, -0.2) is 18.7 Å². The van der Waals surface area contributed by atoms with Crippen LogP contribution in [-0.4, -0.2) is 53.5 Å². The lowest BCUT2D eigenvalue weighted by Crippen LogP contribution is -2.09. The standard InChI is InChI=1S/C24H18FN5O2.C16H11BrFN5O.C9H10O/c1-14(31)15-3-5-16(6-4-15)18-11-27-24(30-13-22(26-2)29-23(18)30)28-12-19-17-9-10-32-21(17)8-7-20(19)25;1-19-14-8-23-15(22-14)11(17)7-21-16(23)20-6-10-9-4-5-24-13(9)3-2-12(10)18;1-7-3-5-9(6-4-7)8(2)10/h3-8,11,13H,9-10,12H2,1H3,(H,27,28);2-3,7-8H,4-6H2,(H,20,21);3-6H,1-2H3. The Balaban J connectivity index is 0.000000153. The van der Waals surface area contributed by atoms with Gasteiger partial charge in [-0.15, -0.1) is 0 Å². The Morgan fingerprint density at radius 3 is 1.67 bits per heavy atom. The number of ketones is 2. The summed E-state index contributed by atoms with van der Waals surface area (Å²) in [6.07, 6.45) is 7.82. The molecule has 2 N–H and O–H groups in total. The molecule has 4 aromatic heterocycles. The zero-order valence-electron chi connectivity index (χ0n) is 35.8. The Labute approximate surface area is 386 Å². The van der Waals surface area contributed by atoms with E-state index in [1.165, 1.54) is 24.6 Å². The molecule has 0 unspecified atom stereocenters. The van der Waals surface area contributed by atoms with E-state index in [1.807, 2.05) is 43.3 Å². The third kappa shape index (κ3) is 9.43. The molecule has 0 aliphatic carbocycles. The van der Waals surface area contributed by atoms with Crippen molar-refractivity contribution in [1.29, 1.82) is 0 Å². The van der Waals surface area contributed by atoms with Crippen LogP contribution >= 0.6 is 15.9 Å². The third-order valence-electron chi connectivity index (χ3n) is 10.9. The van der Waals surface area contributed by atoms with Crippen molar-refractivity contribution >= 4 is 62.3 Å². The Hall–Kier alpha value is -8.02. The van der Waals surface area contributed by atoms with Crippen LogP contribution < -0.4 is 20.1 Å². The fraction of sp³-hybridized carbons (Fsp3) is 0.184. The highest BCUT2D eigenvalue weighted by molar-refractivity contribution is 9.10. The maximum Gasteiger partial charge on any atom is 0.288 e. The number of fused-ring (bicyclic) bond motifs is 4. The number of hydrogen-bond donors (Lipinski definition) is 2. The van der Waals surface area contributed by atoms with E-state index in [0.29, 0.717) is 76.2 Å². The lowest BCUT2D eigenvalue weighted by molar-refractivity contribution is 0.100. The van der Waals surface area contributed by atoms with E-state index < -0.39 is 0 Å². The first-order chi connectivity index (χ1) is 31.9. The maximum absolute atomic E-state index is 14.5. The zero-order chi connectivity index (χ0) is 46.5. The Bertz CT molecular complexity index is 3250. The predicted octanol–water partition coefficient (Wildman–Crippen LogP) is 10.8. The number of carbonyl (C=O) groups excluding carboxylic acids is 2. The molecule has 66 heavy (non-hydrogen) atoms. The Morgan fingerprint density at radius 1 is 0.697 bits per heavy atom. The average molecular weight is 950 g/mol. The molecule has 0 spiro atoms. The Morgan fingerprint density at radius 2 is 1.17 bits per heavy atom. The molecule has 0 saturated heterocycles. The van der Waals surface area contributed by atoms with Crippen molar-refractivity contribution in [2.75, 3.05) is 23.8 Å². The summed E-state index contributed by atoms with van der Waals surface area (Å²) in [6, 6.07) is 20.9. The topological polar surface area (TPSA) is 146 Å². The molecule has 0 fully saturated rings. The maximum atomic E-state index is 14.5. The predicted molar refractivity (Wildman–Crippen MR) is 249 cm³/mol. The fourth-order valence-corrected chi connectivity index (χ4v) is 7.88. The molecule has 2 aliphatic heterocycles. The summed E-state index contributed by atoms with van der Waals surface area (Å²) in [5.74, 6) is 2.42. The van der Waals surface area contributed by atoms with Crippen LogP contribution in [0.25, 0.3) is 32.1 Å². The molecular formula is C49H39BrF2N10O4. The second-order valence-electron chi connectivity index (χ2n) is 15.2. The van der Waals surface area contributed by atoms with Gasteiger partial charge >= 0.3 is 0 Å². The van der Waals surface area contributed by atoms with E-state index in [0.717, 1.165) is 33.6 Å². The van der Waals surface area contributed by atoms with E-state index in [9.17, 15) is 18.4 Å². The number of rotatable bonds is 9. The summed E-state index contributed by atoms with van der Waals surface area (Å²) in [6.45, 7) is 21.1. The summed E-state index contributed by atoms with van der Waals surface area (Å²) >= 11 is 3.37. The van der Waals surface area contributed by atoms with Crippen molar-refractivity contribution in [3.63, 3.8) is 0 Å². The third-order valence-corrected chi connectivity index (χ3v) is 11.5. The molecule has 10 rings (SSSR count). The highest BCUT2D eigenvalue weighted by Gasteiger charge is 2.23. The first kappa shape index (κ1) is 44.6. The van der Waals surface area contributed by atoms with Gasteiger partial charge in [0.1, 0.15) is 27.6 Å². The molecule has 4 aromatic carbocycles. The second kappa shape index (κ2) is 19.4. The molecule has 2 aliphatic rings. The van der Waals surface area contributed by atoms with Gasteiger partial charge in [0, 0.05) is 77.9 Å². The molecule has 0 saturated carbocycles. The Kier molecular flexibility index (Phi) is 13.1. The number of halogens is 3. The van der Waals surface area contributed by atoms with Gasteiger partial charge in [-0.05, 0) is 66.5 Å². The minimum absolute atomic E-state index is 0.0134. The number of imidazole rings is 2. The number of nitrogens with one attached hydrogen (secondary N) is 2. The van der Waals surface area contributed by atoms with Crippen LogP contribution in [0, 0.1) is 31.7 Å². The number of Topliss-reactive ketones (excluding diaryl/α,β-unsaturated/α-hetero) is 2. The number of aromatic nitrogens is 6. The van der Waals surface area contributed by atoms with Gasteiger partial charge in [0.15, 0.2) is 11.6 Å². The lowest BCUT2D eigenvalue weighted by atomic mass is 10.0. The number of anilines is 2. The summed E-state index contributed by atoms with van der Waals surface area (Å²) in [7, 11) is 0. The van der Waals surface area contributed by atoms with Crippen molar-refractivity contribution in [1.82, 2.24) is 28.7 Å². The molecule has 0 amide bonds. The zero-order valence-corrected chi connectivity index (χ0v) is 37.4. The van der Waals surface area contributed by atoms with Crippen LogP contribution in [0.2, 0.25) is 0 Å². The van der Waals surface area contributed by atoms with E-state index in [4.69, 9.17) is 22.6 Å². The monoisotopic (exact) mass is 948 g/mol. The number of carbonyl (C=O) groups is 2. The van der Waals surface area contributed by atoms with Gasteiger partial charge in [0.05, 0.1) is 25.0 Å². The van der Waals surface area contributed by atoms with Crippen LogP contribution in [0.1, 0.15) is 62.4 Å². The first-order valence-corrected chi connectivity index (χ1v) is 21.4. The first-order valence-electron chi connectivity index (χ1n) is 20.6. The van der Waals surface area contributed by atoms with Gasteiger partial charge in [-0.2, -0.15) is 0 Å². The SMILES string of the molecule is CC(=O)c1ccc(C)cc1.[C-]#[N+]c1cn2c(NCc3c(F)ccc4c3CCO4)ncc(-c3ccc(C(C)=O)cc3)c2n1.[C-]#[N+]c1cn2c(NCc3c(F)ccc4c3CCO4)ncc(Br)c2n1. The number of benzene rings is 4. The van der Waals surface area contributed by atoms with Crippen LogP contribution in [0.5, 0.6) is 11.5 Å². The van der Waals surface area contributed by atoms with Crippen molar-refractivity contribution in [3.8, 4) is 22.6 Å². The van der Waals surface area contributed by atoms with Crippen LogP contribution in [0.4, 0.5) is 32.3 Å². The fourth-order valence-electron chi connectivity index (χ4n) is 7.49. The molecule has 14 nitrogen and oxygen atoms in total. The summed E-state index contributed by atoms with van der Waals surface area (Å²) in [4.78, 5) is 46.6. The van der Waals surface area contributed by atoms with Gasteiger partial charge in [0.25, 0.3) is 11.6 Å². The highest BCUT2D eigenvalue weighted by Crippen LogP contribution is 2.33. The van der Waals surface area contributed by atoms with Crippen molar-refractivity contribution in [2.45, 2.75) is 46.7 Å². The van der Waals surface area contributed by atoms with Crippen LogP contribution in [0.3, 0.4) is 0 Å². The summed E-state index contributed by atoms with van der Waals surface area (Å²) in [5, 5.41) is 6.32. The molecule has 8 aromatic rings. The van der Waals surface area contributed by atoms with E-state index >= 15 is 0 Å². The van der Waals surface area contributed by atoms with E-state index in [2.05, 4.69) is 56.2 Å². The molecule has 17 heteroatoms. The van der Waals surface area contributed by atoms with E-state index in [-0.39, 0.29) is 47.9 Å². The average Bonchev–Trinajstić information content (AvgIpc) is 4.16. The van der Waals surface area contributed by atoms with Crippen molar-refractivity contribution in [2.24, 2.45) is 0 Å².